The molecule has 1 N–H and O–H groups in total. The first kappa shape index (κ1) is 33.6. The third-order valence-corrected chi connectivity index (χ3v) is 13.2. The second-order valence-electron chi connectivity index (χ2n) is 13.7. The first-order valence-electron chi connectivity index (χ1n) is 17.5. The van der Waals surface area contributed by atoms with Gasteiger partial charge in [-0.15, -0.1) is 0 Å². The number of anilines is 4. The summed E-state index contributed by atoms with van der Waals surface area (Å²) < 4.78 is 45.6. The molecule has 0 aliphatic carbocycles. The third-order valence-electron chi connectivity index (χ3n) is 10.8. The van der Waals surface area contributed by atoms with Gasteiger partial charge in [0.1, 0.15) is 23.6 Å². The van der Waals surface area contributed by atoms with Gasteiger partial charge in [0.25, 0.3) is 0 Å². The number of methoxy groups -OCH3 is 1. The molecule has 7 rings (SSSR count). The normalized spacial score (nSPS) is 26.2. The van der Waals surface area contributed by atoms with Gasteiger partial charge < -0.3 is 24.8 Å². The molecule has 12 nitrogen and oxygen atoms in total. The van der Waals surface area contributed by atoms with Gasteiger partial charge in [0.05, 0.1) is 29.7 Å². The number of pyridine rings is 2. The van der Waals surface area contributed by atoms with Crippen molar-refractivity contribution >= 4 is 49.9 Å². The second-order valence-corrected chi connectivity index (χ2v) is 16.0. The zero-order chi connectivity index (χ0) is 34.1. The Balaban J connectivity index is 1.18. The van der Waals surface area contributed by atoms with Crippen LogP contribution in [0.4, 0.5) is 27.8 Å². The Kier molecular flexibility index (Phi) is 9.69. The van der Waals surface area contributed by atoms with E-state index in [0.29, 0.717) is 55.9 Å². The van der Waals surface area contributed by atoms with Crippen molar-refractivity contribution in [2.24, 2.45) is 5.92 Å². The number of nitrogens with one attached hydrogen (secondary N) is 1. The molecule has 4 aliphatic heterocycles. The molecule has 262 valence electrons. The molecule has 7 heterocycles. The van der Waals surface area contributed by atoms with Crippen LogP contribution in [0.25, 0.3) is 10.8 Å². The van der Waals surface area contributed by atoms with Gasteiger partial charge in [-0.2, -0.15) is 4.98 Å². The number of alkyl halides is 1. The molecule has 0 spiro atoms. The summed E-state index contributed by atoms with van der Waals surface area (Å²) in [6.07, 6.45) is 11.5. The molecule has 0 unspecified atom stereocenters. The van der Waals surface area contributed by atoms with Gasteiger partial charge in [0, 0.05) is 62.8 Å². The number of hydrogen-bond donors (Lipinski definition) is 1. The summed E-state index contributed by atoms with van der Waals surface area (Å²) in [4.78, 5) is 37.6. The Labute approximate surface area is 287 Å². The first-order valence-corrected chi connectivity index (χ1v) is 19.2. The Morgan fingerprint density at radius 3 is 2.55 bits per heavy atom. The lowest BCUT2D eigenvalue weighted by molar-refractivity contribution is -0.126. The minimum Gasteiger partial charge on any atom is -0.378 e. The average molecular weight is 693 g/mol. The Bertz CT molecular complexity index is 1800. The molecule has 3 aromatic rings. The molecule has 49 heavy (non-hydrogen) atoms. The SMILES string of the molecule is C=CC(=O)N1CCC[C@@H]1c1cnc(N2CCC([C@@H]3CCCCS3(=O)=O)CC2)c2cnc(Nc3ccnc(N4CC[C@@H](OC)[C@@H](F)C4)n3)cc12. The Hall–Kier alpha value is -3.91. The van der Waals surface area contributed by atoms with E-state index in [1.54, 1.807) is 12.3 Å². The van der Waals surface area contributed by atoms with Crippen molar-refractivity contribution in [2.75, 3.05) is 60.7 Å². The Morgan fingerprint density at radius 1 is 0.980 bits per heavy atom. The summed E-state index contributed by atoms with van der Waals surface area (Å²) >= 11 is 0. The average Bonchev–Trinajstić information content (AvgIpc) is 3.61. The molecule has 1 amide bonds. The van der Waals surface area contributed by atoms with E-state index in [0.717, 1.165) is 67.1 Å². The van der Waals surface area contributed by atoms with Gasteiger partial charge in [0.15, 0.2) is 9.84 Å². The van der Waals surface area contributed by atoms with Gasteiger partial charge in [-0.25, -0.2) is 27.8 Å². The molecule has 0 aromatic carbocycles. The van der Waals surface area contributed by atoms with Gasteiger partial charge in [0.2, 0.25) is 11.9 Å². The number of aromatic nitrogens is 4. The highest BCUT2D eigenvalue weighted by atomic mass is 32.2. The summed E-state index contributed by atoms with van der Waals surface area (Å²) in [6, 6.07) is 3.58. The summed E-state index contributed by atoms with van der Waals surface area (Å²) in [5.41, 5.74) is 0.943. The highest BCUT2D eigenvalue weighted by Gasteiger charge is 2.38. The second kappa shape index (κ2) is 14.1. The van der Waals surface area contributed by atoms with E-state index in [-0.39, 0.29) is 29.7 Å². The fraction of sp³-hybridized carbons (Fsp3) is 0.571. The van der Waals surface area contributed by atoms with Crippen LogP contribution in [-0.2, 0) is 19.4 Å². The molecular weight excluding hydrogens is 648 g/mol. The fourth-order valence-electron chi connectivity index (χ4n) is 8.22. The van der Waals surface area contributed by atoms with E-state index >= 15 is 0 Å². The van der Waals surface area contributed by atoms with Crippen LogP contribution in [0.3, 0.4) is 0 Å². The topological polar surface area (TPSA) is 134 Å². The van der Waals surface area contributed by atoms with Crippen molar-refractivity contribution in [3.63, 3.8) is 0 Å². The molecule has 4 aliphatic rings. The van der Waals surface area contributed by atoms with Gasteiger partial charge in [-0.3, -0.25) is 4.79 Å². The van der Waals surface area contributed by atoms with E-state index in [1.165, 1.54) is 13.2 Å². The quantitative estimate of drug-likeness (QED) is 0.328. The largest absolute Gasteiger partial charge is 0.378 e. The number of sulfone groups is 1. The standard InChI is InChI=1S/C35H45FN8O4S/c1-3-33(45)44-14-6-7-28(44)25-20-39-34(42-15-10-23(11-16-42)30-8-4-5-18-49(30,46)47)26-21-38-32(19-24(25)26)40-31-9-13-37-35(41-31)43-17-12-29(48-2)27(36)22-43/h3,9,13,19-21,23,27-30H,1,4-8,10-12,14-18,22H2,2H3,(H,37,38,40,41)/t27-,28+,29+,30-/m0/s1. The predicted octanol–water partition coefficient (Wildman–Crippen LogP) is 4.76. The van der Waals surface area contributed by atoms with Crippen molar-refractivity contribution in [3.05, 3.63) is 48.9 Å². The Morgan fingerprint density at radius 2 is 1.80 bits per heavy atom. The zero-order valence-electron chi connectivity index (χ0n) is 28.0. The van der Waals surface area contributed by atoms with Gasteiger partial charge >= 0.3 is 0 Å². The van der Waals surface area contributed by atoms with Crippen LogP contribution < -0.4 is 15.1 Å². The highest BCUT2D eigenvalue weighted by Crippen LogP contribution is 2.40. The van der Waals surface area contributed by atoms with Crippen LogP contribution in [0.1, 0.15) is 63.0 Å². The number of carbonyl (C=O) groups excluding carboxylic acids is 1. The number of likely N-dealkylation sites (tertiary alicyclic amines) is 1. The lowest BCUT2D eigenvalue weighted by atomic mass is 9.90. The van der Waals surface area contributed by atoms with Crippen LogP contribution >= 0.6 is 0 Å². The number of piperidine rings is 2. The molecule has 4 atom stereocenters. The van der Waals surface area contributed by atoms with Crippen molar-refractivity contribution < 1.29 is 22.3 Å². The zero-order valence-corrected chi connectivity index (χ0v) is 28.8. The molecule has 0 radical (unpaired) electrons. The van der Waals surface area contributed by atoms with Crippen molar-refractivity contribution in [1.82, 2.24) is 24.8 Å². The number of rotatable bonds is 8. The molecule has 14 heteroatoms. The number of halogens is 1. The van der Waals surface area contributed by atoms with Crippen molar-refractivity contribution in [2.45, 2.75) is 74.9 Å². The molecular formula is C35H45FN8O4S. The lowest BCUT2D eigenvalue weighted by Crippen LogP contribution is -2.46. The highest BCUT2D eigenvalue weighted by molar-refractivity contribution is 7.92. The predicted molar refractivity (Wildman–Crippen MR) is 188 cm³/mol. The number of carbonyl (C=O) groups is 1. The maximum atomic E-state index is 14.6. The minimum absolute atomic E-state index is 0.106. The van der Waals surface area contributed by atoms with E-state index in [1.807, 2.05) is 28.3 Å². The van der Waals surface area contributed by atoms with E-state index in [9.17, 15) is 17.6 Å². The third kappa shape index (κ3) is 6.81. The smallest absolute Gasteiger partial charge is 0.246 e. The molecule has 0 saturated carbocycles. The number of nitrogens with zero attached hydrogens (tertiary/aromatic N) is 7. The van der Waals surface area contributed by atoms with Crippen LogP contribution in [0.15, 0.2) is 43.4 Å². The maximum absolute atomic E-state index is 14.6. The van der Waals surface area contributed by atoms with Crippen LogP contribution in [0.5, 0.6) is 0 Å². The number of ether oxygens (including phenoxy) is 1. The summed E-state index contributed by atoms with van der Waals surface area (Å²) in [6.45, 7) is 6.55. The van der Waals surface area contributed by atoms with Crippen LogP contribution in [0.2, 0.25) is 0 Å². The van der Waals surface area contributed by atoms with Gasteiger partial charge in [-0.05, 0) is 74.5 Å². The summed E-state index contributed by atoms with van der Waals surface area (Å²) in [5, 5.41) is 4.90. The van der Waals surface area contributed by atoms with Crippen LogP contribution in [0, 0.1) is 5.92 Å². The monoisotopic (exact) mass is 692 g/mol. The van der Waals surface area contributed by atoms with Gasteiger partial charge in [-0.1, -0.05) is 13.0 Å². The summed E-state index contributed by atoms with van der Waals surface area (Å²) in [5.74, 6) is 2.71. The van der Waals surface area contributed by atoms with Crippen LogP contribution in [-0.4, -0.2) is 102 Å². The lowest BCUT2D eigenvalue weighted by Gasteiger charge is -2.38. The number of hydrogen-bond acceptors (Lipinski definition) is 11. The first-order chi connectivity index (χ1) is 23.8. The van der Waals surface area contributed by atoms with Crippen molar-refractivity contribution in [3.8, 4) is 0 Å². The molecule has 4 saturated heterocycles. The molecule has 0 bridgehead atoms. The molecule has 3 aromatic heterocycles. The molecule has 4 fully saturated rings. The van der Waals surface area contributed by atoms with E-state index in [2.05, 4.69) is 26.8 Å². The maximum Gasteiger partial charge on any atom is 0.246 e. The fourth-order valence-corrected chi connectivity index (χ4v) is 10.5. The van der Waals surface area contributed by atoms with E-state index in [4.69, 9.17) is 14.7 Å². The van der Waals surface area contributed by atoms with E-state index < -0.39 is 22.1 Å². The minimum atomic E-state index is -3.04. The van der Waals surface area contributed by atoms with Crippen molar-refractivity contribution in [1.29, 1.82) is 0 Å². The number of amides is 1. The summed E-state index contributed by atoms with van der Waals surface area (Å²) in [7, 11) is -1.51. The number of fused-ring (bicyclic) bond motifs is 1.